The molecule has 41 heavy (non-hydrogen) atoms. The summed E-state index contributed by atoms with van der Waals surface area (Å²) in [5.74, 6) is -2.21. The van der Waals surface area contributed by atoms with Crippen LogP contribution in [0.25, 0.3) is 22.7 Å². The zero-order valence-corrected chi connectivity index (χ0v) is 22.5. The number of halogens is 4. The fraction of sp³-hybridized carbons (Fsp3) is 0.370. The normalized spacial score (nSPS) is 14.1. The molecule has 0 N–H and O–H groups in total. The number of anilines is 1. The first-order valence-corrected chi connectivity index (χ1v) is 12.8. The third-order valence-corrected chi connectivity index (χ3v) is 6.32. The average Bonchev–Trinajstić information content (AvgIpc) is 3.59. The first-order chi connectivity index (χ1) is 19.5. The highest BCUT2D eigenvalue weighted by Gasteiger charge is 2.26. The van der Waals surface area contributed by atoms with E-state index in [1.165, 1.54) is 29.1 Å². The zero-order chi connectivity index (χ0) is 29.3. The van der Waals surface area contributed by atoms with Gasteiger partial charge in [-0.15, -0.1) is 15.3 Å². The monoisotopic (exact) mass is 573 g/mol. The summed E-state index contributed by atoms with van der Waals surface area (Å²) in [5, 5.41) is 14.8. The Morgan fingerprint density at radius 2 is 1.76 bits per heavy atom. The molecule has 2 aromatic heterocycles. The maximum Gasteiger partial charge on any atom is 0.410 e. The Morgan fingerprint density at radius 1 is 1.00 bits per heavy atom. The van der Waals surface area contributed by atoms with Gasteiger partial charge in [0.15, 0.2) is 0 Å². The predicted molar refractivity (Wildman–Crippen MR) is 139 cm³/mol. The van der Waals surface area contributed by atoms with Gasteiger partial charge in [-0.3, -0.25) is 0 Å². The average molecular weight is 574 g/mol. The molecular formula is C27H27F4N7O3. The molecule has 216 valence electrons. The summed E-state index contributed by atoms with van der Waals surface area (Å²) in [6.07, 6.45) is -1.80. The third kappa shape index (κ3) is 6.47. The summed E-state index contributed by atoms with van der Waals surface area (Å²) in [7, 11) is 0. The molecule has 0 aliphatic carbocycles. The van der Waals surface area contributed by atoms with Crippen LogP contribution in [0.1, 0.15) is 38.7 Å². The second-order valence-electron chi connectivity index (χ2n) is 10.5. The van der Waals surface area contributed by atoms with Gasteiger partial charge in [0, 0.05) is 48.6 Å². The number of rotatable bonds is 6. The van der Waals surface area contributed by atoms with Gasteiger partial charge in [0.1, 0.15) is 22.9 Å². The highest BCUT2D eigenvalue weighted by atomic mass is 19.3. The lowest BCUT2D eigenvalue weighted by molar-refractivity contribution is 0.0240. The van der Waals surface area contributed by atoms with Crippen molar-refractivity contribution >= 4 is 11.8 Å². The molecule has 1 fully saturated rings. The molecule has 2 aromatic carbocycles. The van der Waals surface area contributed by atoms with Crippen LogP contribution < -0.4 is 4.90 Å². The van der Waals surface area contributed by atoms with Crippen LogP contribution in [0.3, 0.4) is 0 Å². The summed E-state index contributed by atoms with van der Waals surface area (Å²) < 4.78 is 66.9. The lowest BCUT2D eigenvalue weighted by Gasteiger charge is -2.36. The van der Waals surface area contributed by atoms with Crippen LogP contribution in [0.15, 0.2) is 47.0 Å². The SMILES string of the molecule is CC(C)(C)OC(=O)N1CCN(c2ccc(-c3cn(Cc4ccc(-c5nnc(C(F)F)o5)cc4F)nn3)c(F)c2)CC1. The first kappa shape index (κ1) is 28.1. The highest BCUT2D eigenvalue weighted by molar-refractivity contribution is 5.69. The van der Waals surface area contributed by atoms with Gasteiger partial charge >= 0.3 is 12.5 Å². The van der Waals surface area contributed by atoms with Crippen LogP contribution in [-0.2, 0) is 11.3 Å². The van der Waals surface area contributed by atoms with Gasteiger partial charge in [-0.2, -0.15) is 8.78 Å². The van der Waals surface area contributed by atoms with Gasteiger partial charge in [0.05, 0.1) is 12.7 Å². The molecule has 10 nitrogen and oxygen atoms in total. The fourth-order valence-electron chi connectivity index (χ4n) is 4.30. The summed E-state index contributed by atoms with van der Waals surface area (Å²) in [6, 6.07) is 8.79. The first-order valence-electron chi connectivity index (χ1n) is 12.8. The number of amides is 1. The van der Waals surface area contributed by atoms with Crippen LogP contribution in [0.4, 0.5) is 28.0 Å². The number of aromatic nitrogens is 5. The molecule has 0 spiro atoms. The van der Waals surface area contributed by atoms with E-state index in [1.807, 2.05) is 25.7 Å². The lowest BCUT2D eigenvalue weighted by Crippen LogP contribution is -2.50. The second-order valence-corrected chi connectivity index (χ2v) is 10.5. The van der Waals surface area contributed by atoms with E-state index in [4.69, 9.17) is 9.15 Å². The number of ether oxygens (including phenoxy) is 1. The predicted octanol–water partition coefficient (Wildman–Crippen LogP) is 5.32. The lowest BCUT2D eigenvalue weighted by atomic mass is 10.1. The minimum atomic E-state index is -2.93. The number of alkyl halides is 2. The van der Waals surface area contributed by atoms with Crippen molar-refractivity contribution in [3.8, 4) is 22.7 Å². The molecule has 3 heterocycles. The Kier molecular flexibility index (Phi) is 7.65. The minimum absolute atomic E-state index is 0.00708. The van der Waals surface area contributed by atoms with Crippen LogP contribution in [0, 0.1) is 11.6 Å². The number of carbonyl (C=O) groups excluding carboxylic acids is 1. The van der Waals surface area contributed by atoms with E-state index in [0.29, 0.717) is 31.9 Å². The van der Waals surface area contributed by atoms with Crippen molar-refractivity contribution < 1.29 is 31.5 Å². The fourth-order valence-corrected chi connectivity index (χ4v) is 4.30. The van der Waals surface area contributed by atoms with Gasteiger partial charge in [0.2, 0.25) is 5.89 Å². The van der Waals surface area contributed by atoms with Crippen molar-refractivity contribution in [3.63, 3.8) is 0 Å². The molecular weight excluding hydrogens is 546 g/mol. The summed E-state index contributed by atoms with van der Waals surface area (Å²) in [4.78, 5) is 15.9. The van der Waals surface area contributed by atoms with E-state index in [2.05, 4.69) is 20.5 Å². The number of nitrogens with zero attached hydrogens (tertiary/aromatic N) is 7. The number of hydrogen-bond donors (Lipinski definition) is 0. The Hall–Kier alpha value is -4.49. The highest BCUT2D eigenvalue weighted by Crippen LogP contribution is 2.28. The third-order valence-electron chi connectivity index (χ3n) is 6.32. The van der Waals surface area contributed by atoms with Gasteiger partial charge in [-0.25, -0.2) is 18.3 Å². The van der Waals surface area contributed by atoms with Crippen molar-refractivity contribution in [2.45, 2.75) is 39.3 Å². The van der Waals surface area contributed by atoms with Crippen molar-refractivity contribution in [2.75, 3.05) is 31.1 Å². The molecule has 1 aliphatic heterocycles. The molecule has 0 saturated carbocycles. The van der Waals surface area contributed by atoms with Crippen LogP contribution in [0.2, 0.25) is 0 Å². The van der Waals surface area contributed by atoms with E-state index < -0.39 is 29.6 Å². The van der Waals surface area contributed by atoms with Gasteiger partial charge in [-0.1, -0.05) is 11.3 Å². The molecule has 1 aliphatic rings. The second kappa shape index (κ2) is 11.2. The van der Waals surface area contributed by atoms with E-state index in [-0.39, 0.29) is 40.9 Å². The van der Waals surface area contributed by atoms with E-state index >= 15 is 4.39 Å². The Labute approximate surface area is 232 Å². The number of hydrogen-bond acceptors (Lipinski definition) is 8. The Balaban J connectivity index is 1.22. The molecule has 0 unspecified atom stereocenters. The quantitative estimate of drug-likeness (QED) is 0.286. The number of carbonyl (C=O) groups is 1. The Morgan fingerprint density at radius 3 is 2.39 bits per heavy atom. The van der Waals surface area contributed by atoms with Gasteiger partial charge < -0.3 is 19.0 Å². The van der Waals surface area contributed by atoms with Crippen molar-refractivity contribution in [1.82, 2.24) is 30.1 Å². The van der Waals surface area contributed by atoms with Crippen LogP contribution in [-0.4, -0.2) is 68.0 Å². The standard InChI is InChI=1S/C27H27F4N7O3/c1-27(2,3)41-26(39)37-10-8-36(9-11-37)18-6-7-19(21(29)13-18)22-15-38(35-32-22)14-17-5-4-16(12-20(17)28)24-33-34-25(40-24)23(30)31/h4-7,12-13,15,23H,8-11,14H2,1-3H3. The smallest absolute Gasteiger partial charge is 0.410 e. The summed E-state index contributed by atoms with van der Waals surface area (Å²) in [5.41, 5.74) is 0.986. The molecule has 14 heteroatoms. The molecule has 1 saturated heterocycles. The maximum absolute atomic E-state index is 15.1. The summed E-state index contributed by atoms with van der Waals surface area (Å²) >= 11 is 0. The largest absolute Gasteiger partial charge is 0.444 e. The van der Waals surface area contributed by atoms with Crippen LogP contribution in [0.5, 0.6) is 0 Å². The Bertz CT molecular complexity index is 1540. The topological polar surface area (TPSA) is 102 Å². The van der Waals surface area contributed by atoms with Gasteiger partial charge in [-0.05, 0) is 51.1 Å². The van der Waals surface area contributed by atoms with E-state index in [0.717, 1.165) is 6.07 Å². The maximum atomic E-state index is 15.1. The van der Waals surface area contributed by atoms with Crippen molar-refractivity contribution in [1.29, 1.82) is 0 Å². The van der Waals surface area contributed by atoms with E-state index in [9.17, 15) is 18.0 Å². The molecule has 0 radical (unpaired) electrons. The number of piperazine rings is 1. The van der Waals surface area contributed by atoms with Crippen molar-refractivity contribution in [2.24, 2.45) is 0 Å². The molecule has 0 atom stereocenters. The van der Waals surface area contributed by atoms with Crippen molar-refractivity contribution in [3.05, 3.63) is 65.7 Å². The minimum Gasteiger partial charge on any atom is -0.444 e. The summed E-state index contributed by atoms with van der Waals surface area (Å²) in [6.45, 7) is 7.40. The van der Waals surface area contributed by atoms with Gasteiger partial charge in [0.25, 0.3) is 5.89 Å². The zero-order valence-electron chi connectivity index (χ0n) is 22.5. The van der Waals surface area contributed by atoms with E-state index in [1.54, 1.807) is 17.0 Å². The molecule has 5 rings (SSSR count). The molecule has 1 amide bonds. The molecule has 0 bridgehead atoms. The molecule has 4 aromatic rings. The number of benzene rings is 2. The van der Waals surface area contributed by atoms with Crippen LogP contribution >= 0.6 is 0 Å².